The van der Waals surface area contributed by atoms with Gasteiger partial charge in [-0.3, -0.25) is 14.3 Å². The minimum Gasteiger partial charge on any atom is -0.497 e. The lowest BCUT2D eigenvalue weighted by Gasteiger charge is -2.14. The maximum atomic E-state index is 12.3. The van der Waals surface area contributed by atoms with Crippen LogP contribution in [0.3, 0.4) is 0 Å². The Morgan fingerprint density at radius 1 is 1.32 bits per heavy atom. The molecule has 0 aliphatic carbocycles. The van der Waals surface area contributed by atoms with Gasteiger partial charge in [-0.05, 0) is 38.5 Å². The van der Waals surface area contributed by atoms with Crippen LogP contribution in [0.5, 0.6) is 5.75 Å². The summed E-state index contributed by atoms with van der Waals surface area (Å²) in [7, 11) is 3.36. The highest BCUT2D eigenvalue weighted by Crippen LogP contribution is 2.19. The Kier molecular flexibility index (Phi) is 5.80. The Balaban J connectivity index is 1.94. The molecule has 1 aromatic heterocycles. The van der Waals surface area contributed by atoms with E-state index in [2.05, 4.69) is 10.4 Å². The highest BCUT2D eigenvalue weighted by atomic mass is 16.5. The minimum absolute atomic E-state index is 0.0692. The molecule has 1 heterocycles. The molecule has 1 N–H and O–H groups in total. The van der Waals surface area contributed by atoms with E-state index in [-0.39, 0.29) is 6.42 Å². The van der Waals surface area contributed by atoms with Crippen LogP contribution in [0, 0.1) is 13.8 Å². The molecule has 0 bridgehead atoms. The standard InChI is InChI=1S/C18H23N3O4/c1-11-17(12(2)21(4)20-11)19-18(23)13(3)25-16(22)10-14-7-6-8-15(9-14)24-5/h6-9,13H,10H2,1-5H3,(H,19,23)/t13-/m0/s1. The third kappa shape index (κ3) is 4.59. The van der Waals surface area contributed by atoms with Gasteiger partial charge in [-0.1, -0.05) is 12.1 Å². The van der Waals surface area contributed by atoms with E-state index in [9.17, 15) is 9.59 Å². The second kappa shape index (κ2) is 7.83. The van der Waals surface area contributed by atoms with Crippen molar-refractivity contribution in [3.05, 3.63) is 41.2 Å². The summed E-state index contributed by atoms with van der Waals surface area (Å²) in [5, 5.41) is 7.01. The van der Waals surface area contributed by atoms with Crippen molar-refractivity contribution in [1.82, 2.24) is 9.78 Å². The molecule has 0 spiro atoms. The van der Waals surface area contributed by atoms with E-state index in [4.69, 9.17) is 9.47 Å². The van der Waals surface area contributed by atoms with Crippen LogP contribution in [-0.2, 0) is 27.8 Å². The maximum Gasteiger partial charge on any atom is 0.311 e. The van der Waals surface area contributed by atoms with Crippen molar-refractivity contribution in [2.24, 2.45) is 7.05 Å². The zero-order valence-corrected chi connectivity index (χ0v) is 15.1. The molecule has 0 saturated carbocycles. The number of benzene rings is 1. The van der Waals surface area contributed by atoms with Crippen molar-refractivity contribution in [3.8, 4) is 5.75 Å². The molecular weight excluding hydrogens is 322 g/mol. The second-order valence-electron chi connectivity index (χ2n) is 5.82. The summed E-state index contributed by atoms with van der Waals surface area (Å²) in [6, 6.07) is 7.15. The summed E-state index contributed by atoms with van der Waals surface area (Å²) in [5.41, 5.74) is 2.95. The molecule has 1 atom stereocenters. The Bertz CT molecular complexity index is 783. The number of amides is 1. The highest BCUT2D eigenvalue weighted by molar-refractivity contribution is 5.96. The predicted molar refractivity (Wildman–Crippen MR) is 93.6 cm³/mol. The summed E-state index contributed by atoms with van der Waals surface area (Å²) in [4.78, 5) is 24.3. The topological polar surface area (TPSA) is 82.4 Å². The van der Waals surface area contributed by atoms with Crippen LogP contribution in [0.4, 0.5) is 5.69 Å². The van der Waals surface area contributed by atoms with Crippen LogP contribution in [0.25, 0.3) is 0 Å². The lowest BCUT2D eigenvalue weighted by atomic mass is 10.1. The van der Waals surface area contributed by atoms with E-state index in [1.807, 2.05) is 13.8 Å². The molecule has 0 fully saturated rings. The van der Waals surface area contributed by atoms with Crippen LogP contribution < -0.4 is 10.1 Å². The van der Waals surface area contributed by atoms with Crippen molar-refractivity contribution in [3.63, 3.8) is 0 Å². The summed E-state index contributed by atoms with van der Waals surface area (Å²) in [5.74, 6) is -0.202. The van der Waals surface area contributed by atoms with Gasteiger partial charge in [-0.25, -0.2) is 0 Å². The van der Waals surface area contributed by atoms with Gasteiger partial charge in [0.05, 0.1) is 30.6 Å². The number of nitrogens with one attached hydrogen (secondary N) is 1. The Hall–Kier alpha value is -2.83. The molecule has 0 aliphatic heterocycles. The lowest BCUT2D eigenvalue weighted by molar-refractivity contribution is -0.152. The summed E-state index contributed by atoms with van der Waals surface area (Å²) in [6.45, 7) is 5.21. The van der Waals surface area contributed by atoms with Gasteiger partial charge in [-0.15, -0.1) is 0 Å². The fourth-order valence-electron chi connectivity index (χ4n) is 2.42. The van der Waals surface area contributed by atoms with Gasteiger partial charge >= 0.3 is 5.97 Å². The number of hydrogen-bond donors (Lipinski definition) is 1. The fourth-order valence-corrected chi connectivity index (χ4v) is 2.42. The highest BCUT2D eigenvalue weighted by Gasteiger charge is 2.21. The fraction of sp³-hybridized carbons (Fsp3) is 0.389. The summed E-state index contributed by atoms with van der Waals surface area (Å²) in [6.07, 6.45) is -0.836. The molecule has 0 saturated heterocycles. The molecule has 0 radical (unpaired) electrons. The molecule has 7 heteroatoms. The van der Waals surface area contributed by atoms with Crippen molar-refractivity contribution in [2.45, 2.75) is 33.3 Å². The first-order chi connectivity index (χ1) is 11.8. The third-order valence-electron chi connectivity index (χ3n) is 3.92. The monoisotopic (exact) mass is 345 g/mol. The van der Waals surface area contributed by atoms with Crippen molar-refractivity contribution in [1.29, 1.82) is 0 Å². The number of ether oxygens (including phenoxy) is 2. The summed E-state index contributed by atoms with van der Waals surface area (Å²) >= 11 is 0. The van der Waals surface area contributed by atoms with Crippen LogP contribution >= 0.6 is 0 Å². The minimum atomic E-state index is -0.905. The van der Waals surface area contributed by atoms with Crippen LogP contribution in [-0.4, -0.2) is 34.9 Å². The van der Waals surface area contributed by atoms with E-state index >= 15 is 0 Å². The van der Waals surface area contributed by atoms with Gasteiger partial charge in [0.2, 0.25) is 0 Å². The maximum absolute atomic E-state index is 12.3. The number of methoxy groups -OCH3 is 1. The number of esters is 1. The zero-order valence-electron chi connectivity index (χ0n) is 15.1. The van der Waals surface area contributed by atoms with Crippen molar-refractivity contribution in [2.75, 3.05) is 12.4 Å². The normalized spacial score (nSPS) is 11.7. The summed E-state index contributed by atoms with van der Waals surface area (Å²) < 4.78 is 12.0. The molecule has 0 aliphatic rings. The predicted octanol–water partition coefficient (Wildman–Crippen LogP) is 2.16. The molecule has 2 rings (SSSR count). The van der Waals surface area contributed by atoms with Gasteiger partial charge in [0, 0.05) is 7.05 Å². The average Bonchev–Trinajstić information content (AvgIpc) is 2.81. The van der Waals surface area contributed by atoms with Gasteiger partial charge < -0.3 is 14.8 Å². The van der Waals surface area contributed by atoms with Crippen LogP contribution in [0.15, 0.2) is 24.3 Å². The molecule has 1 aromatic carbocycles. The number of nitrogens with zero attached hydrogens (tertiary/aromatic N) is 2. The number of carbonyl (C=O) groups is 2. The molecule has 134 valence electrons. The SMILES string of the molecule is COc1cccc(CC(=O)O[C@@H](C)C(=O)Nc2c(C)nn(C)c2C)c1. The number of rotatable bonds is 6. The number of hydrogen-bond acceptors (Lipinski definition) is 5. The lowest BCUT2D eigenvalue weighted by Crippen LogP contribution is -2.30. The smallest absolute Gasteiger partial charge is 0.311 e. The molecule has 2 aromatic rings. The number of aryl methyl sites for hydroxylation is 2. The third-order valence-corrected chi connectivity index (χ3v) is 3.92. The number of aromatic nitrogens is 2. The average molecular weight is 345 g/mol. The van der Waals surface area contributed by atoms with Gasteiger partial charge in [-0.2, -0.15) is 5.10 Å². The van der Waals surface area contributed by atoms with E-state index in [0.29, 0.717) is 17.1 Å². The molecule has 1 amide bonds. The largest absolute Gasteiger partial charge is 0.497 e. The quantitative estimate of drug-likeness (QED) is 0.811. The zero-order chi connectivity index (χ0) is 18.6. The molecule has 0 unspecified atom stereocenters. The van der Waals surface area contributed by atoms with E-state index < -0.39 is 18.0 Å². The van der Waals surface area contributed by atoms with Gasteiger partial charge in [0.15, 0.2) is 6.10 Å². The van der Waals surface area contributed by atoms with Gasteiger partial charge in [0.25, 0.3) is 5.91 Å². The Morgan fingerprint density at radius 3 is 2.64 bits per heavy atom. The Labute approximate surface area is 146 Å². The first-order valence-corrected chi connectivity index (χ1v) is 7.95. The second-order valence-corrected chi connectivity index (χ2v) is 5.82. The molecule has 7 nitrogen and oxygen atoms in total. The van der Waals surface area contributed by atoms with Gasteiger partial charge in [0.1, 0.15) is 5.75 Å². The number of anilines is 1. The molecule has 25 heavy (non-hydrogen) atoms. The molecular formula is C18H23N3O4. The van der Waals surface area contributed by atoms with Crippen LogP contribution in [0.2, 0.25) is 0 Å². The first-order valence-electron chi connectivity index (χ1n) is 7.95. The van der Waals surface area contributed by atoms with E-state index in [1.54, 1.807) is 50.0 Å². The van der Waals surface area contributed by atoms with Crippen LogP contribution in [0.1, 0.15) is 23.9 Å². The first kappa shape index (κ1) is 18.5. The van der Waals surface area contributed by atoms with Crippen molar-refractivity contribution < 1.29 is 19.1 Å². The van der Waals surface area contributed by atoms with E-state index in [0.717, 1.165) is 11.3 Å². The van der Waals surface area contributed by atoms with E-state index in [1.165, 1.54) is 0 Å². The Morgan fingerprint density at radius 2 is 2.04 bits per heavy atom. The van der Waals surface area contributed by atoms with Crippen molar-refractivity contribution >= 4 is 17.6 Å². The number of carbonyl (C=O) groups excluding carboxylic acids is 2.